The van der Waals surface area contributed by atoms with Crippen molar-refractivity contribution in [2.24, 2.45) is 0 Å². The lowest BCUT2D eigenvalue weighted by atomic mass is 10.1. The first-order valence-corrected chi connectivity index (χ1v) is 5.99. The van der Waals surface area contributed by atoms with Crippen LogP contribution in [0.2, 0.25) is 0 Å². The van der Waals surface area contributed by atoms with Gasteiger partial charge in [0.15, 0.2) is 0 Å². The van der Waals surface area contributed by atoms with Crippen molar-refractivity contribution in [2.45, 2.75) is 31.8 Å². The predicted octanol–water partition coefficient (Wildman–Crippen LogP) is 2.88. The van der Waals surface area contributed by atoms with Crippen LogP contribution in [0.1, 0.15) is 24.9 Å². The Morgan fingerprint density at radius 3 is 2.53 bits per heavy atom. The van der Waals surface area contributed by atoms with Crippen molar-refractivity contribution in [1.29, 1.82) is 0 Å². The largest absolute Gasteiger partial charge is 0.433 e. The highest BCUT2D eigenvalue weighted by Gasteiger charge is 2.52. The van der Waals surface area contributed by atoms with Gasteiger partial charge in [0.25, 0.3) is 0 Å². The van der Waals surface area contributed by atoms with Crippen LogP contribution in [0, 0.1) is 0 Å². The molecular weight excluding hydrogens is 259 g/mol. The zero-order valence-corrected chi connectivity index (χ0v) is 10.4. The number of alkyl halides is 3. The summed E-state index contributed by atoms with van der Waals surface area (Å²) in [6.45, 7) is 1.40. The van der Waals surface area contributed by atoms with Gasteiger partial charge >= 0.3 is 6.18 Å². The quantitative estimate of drug-likeness (QED) is 0.829. The van der Waals surface area contributed by atoms with E-state index in [1.54, 1.807) is 30.3 Å². The van der Waals surface area contributed by atoms with Gasteiger partial charge in [-0.25, -0.2) is 0 Å². The molecule has 0 aliphatic carbocycles. The van der Waals surface area contributed by atoms with E-state index >= 15 is 0 Å². The fraction of sp³-hybridized carbons (Fsp3) is 0.462. The molecule has 0 N–H and O–H groups in total. The second-order valence-corrected chi connectivity index (χ2v) is 4.31. The van der Waals surface area contributed by atoms with E-state index in [-0.39, 0.29) is 13.0 Å². The molecule has 19 heavy (non-hydrogen) atoms. The Bertz CT molecular complexity index is 447. The molecule has 0 spiro atoms. The number of ether oxygens (including phenoxy) is 1. The van der Waals surface area contributed by atoms with E-state index in [1.165, 1.54) is 6.92 Å². The molecule has 1 amide bonds. The minimum Gasteiger partial charge on any atom is -0.347 e. The van der Waals surface area contributed by atoms with Crippen LogP contribution in [0.4, 0.5) is 13.2 Å². The van der Waals surface area contributed by atoms with Gasteiger partial charge in [-0.2, -0.15) is 13.2 Å². The highest BCUT2D eigenvalue weighted by Crippen LogP contribution is 2.38. The molecule has 0 unspecified atom stereocenters. The molecule has 2 atom stereocenters. The van der Waals surface area contributed by atoms with E-state index in [0.29, 0.717) is 5.56 Å². The highest BCUT2D eigenvalue weighted by molar-refractivity contribution is 5.77. The summed E-state index contributed by atoms with van der Waals surface area (Å²) in [4.78, 5) is 12.6. The maximum absolute atomic E-state index is 12.9. The Morgan fingerprint density at radius 2 is 2.00 bits per heavy atom. The SMILES string of the molecule is CCC(=O)N1[C@H](c2ccccc2)CO[C@@H]1C(F)(F)F. The lowest BCUT2D eigenvalue weighted by Crippen LogP contribution is -2.46. The average Bonchev–Trinajstić information content (AvgIpc) is 2.83. The molecule has 1 aromatic carbocycles. The smallest absolute Gasteiger partial charge is 0.347 e. The van der Waals surface area contributed by atoms with Crippen molar-refractivity contribution in [3.63, 3.8) is 0 Å². The summed E-state index contributed by atoms with van der Waals surface area (Å²) in [5.41, 5.74) is 0.649. The van der Waals surface area contributed by atoms with Gasteiger partial charge in [-0.1, -0.05) is 37.3 Å². The summed E-state index contributed by atoms with van der Waals surface area (Å²) in [6.07, 6.45) is -6.71. The van der Waals surface area contributed by atoms with Gasteiger partial charge in [-0.05, 0) is 5.56 Å². The van der Waals surface area contributed by atoms with Crippen molar-refractivity contribution in [3.8, 4) is 0 Å². The van der Waals surface area contributed by atoms with Crippen LogP contribution in [0.25, 0.3) is 0 Å². The number of carbonyl (C=O) groups is 1. The van der Waals surface area contributed by atoms with Crippen LogP contribution < -0.4 is 0 Å². The number of hydrogen-bond donors (Lipinski definition) is 0. The van der Waals surface area contributed by atoms with Crippen molar-refractivity contribution >= 4 is 5.91 Å². The van der Waals surface area contributed by atoms with Crippen LogP contribution in [0.5, 0.6) is 0 Å². The minimum absolute atomic E-state index is 0.0132. The van der Waals surface area contributed by atoms with Gasteiger partial charge in [-0.15, -0.1) is 0 Å². The molecule has 2 rings (SSSR count). The normalized spacial score (nSPS) is 23.7. The van der Waals surface area contributed by atoms with Crippen molar-refractivity contribution < 1.29 is 22.7 Å². The molecule has 1 aromatic rings. The van der Waals surface area contributed by atoms with Crippen molar-refractivity contribution in [3.05, 3.63) is 35.9 Å². The summed E-state index contributed by atoms with van der Waals surface area (Å²) < 4.78 is 43.4. The van der Waals surface area contributed by atoms with E-state index in [2.05, 4.69) is 0 Å². The lowest BCUT2D eigenvalue weighted by molar-refractivity contribution is -0.239. The summed E-state index contributed by atoms with van der Waals surface area (Å²) in [5, 5.41) is 0. The number of rotatable bonds is 2. The first kappa shape index (κ1) is 13.9. The van der Waals surface area contributed by atoms with Gasteiger partial charge in [0.2, 0.25) is 12.1 Å². The van der Waals surface area contributed by atoms with Crippen molar-refractivity contribution in [1.82, 2.24) is 4.90 Å². The molecule has 1 saturated heterocycles. The Kier molecular flexibility index (Phi) is 3.80. The van der Waals surface area contributed by atoms with Gasteiger partial charge < -0.3 is 4.74 Å². The summed E-state index contributed by atoms with van der Waals surface area (Å²) in [5.74, 6) is -0.561. The number of amides is 1. The second kappa shape index (κ2) is 5.21. The predicted molar refractivity (Wildman–Crippen MR) is 62.1 cm³/mol. The van der Waals surface area contributed by atoms with Crippen LogP contribution in [0.3, 0.4) is 0 Å². The maximum atomic E-state index is 12.9. The molecule has 104 valence electrons. The van der Waals surface area contributed by atoms with E-state index in [1.807, 2.05) is 0 Å². The molecule has 0 radical (unpaired) electrons. The summed E-state index contributed by atoms with van der Waals surface area (Å²) in [6, 6.07) is 7.94. The first-order chi connectivity index (χ1) is 8.95. The van der Waals surface area contributed by atoms with E-state index in [4.69, 9.17) is 4.74 Å². The van der Waals surface area contributed by atoms with E-state index in [0.717, 1.165) is 4.90 Å². The number of hydrogen-bond acceptors (Lipinski definition) is 2. The van der Waals surface area contributed by atoms with E-state index < -0.39 is 24.4 Å². The minimum atomic E-state index is -4.58. The summed E-state index contributed by atoms with van der Waals surface area (Å²) in [7, 11) is 0. The lowest BCUT2D eigenvalue weighted by Gasteiger charge is -2.29. The number of carbonyl (C=O) groups excluding carboxylic acids is 1. The number of benzene rings is 1. The maximum Gasteiger partial charge on any atom is 0.433 e. The molecule has 0 saturated carbocycles. The van der Waals surface area contributed by atoms with Crippen LogP contribution >= 0.6 is 0 Å². The monoisotopic (exact) mass is 273 g/mol. The fourth-order valence-electron chi connectivity index (χ4n) is 2.18. The summed E-state index contributed by atoms with van der Waals surface area (Å²) >= 11 is 0. The molecular formula is C13H14F3NO2. The fourth-order valence-corrected chi connectivity index (χ4v) is 2.18. The van der Waals surface area contributed by atoms with Crippen LogP contribution in [0.15, 0.2) is 30.3 Å². The Balaban J connectivity index is 2.32. The third-order valence-corrected chi connectivity index (χ3v) is 3.06. The topological polar surface area (TPSA) is 29.5 Å². The van der Waals surface area contributed by atoms with Crippen LogP contribution in [-0.4, -0.2) is 29.8 Å². The Morgan fingerprint density at radius 1 is 1.37 bits per heavy atom. The molecule has 3 nitrogen and oxygen atoms in total. The number of halogens is 3. The molecule has 6 heteroatoms. The number of nitrogens with zero attached hydrogens (tertiary/aromatic N) is 1. The van der Waals surface area contributed by atoms with Crippen LogP contribution in [-0.2, 0) is 9.53 Å². The Labute approximate surface area is 109 Å². The third-order valence-electron chi connectivity index (χ3n) is 3.06. The second-order valence-electron chi connectivity index (χ2n) is 4.31. The highest BCUT2D eigenvalue weighted by atomic mass is 19.4. The molecule has 1 heterocycles. The van der Waals surface area contributed by atoms with Gasteiger partial charge in [-0.3, -0.25) is 9.69 Å². The third kappa shape index (κ3) is 2.73. The Hall–Kier alpha value is -1.56. The zero-order valence-electron chi connectivity index (χ0n) is 10.4. The molecule has 1 fully saturated rings. The van der Waals surface area contributed by atoms with Crippen molar-refractivity contribution in [2.75, 3.05) is 6.61 Å². The molecule has 0 aromatic heterocycles. The molecule has 0 bridgehead atoms. The molecule has 1 aliphatic heterocycles. The van der Waals surface area contributed by atoms with Gasteiger partial charge in [0.1, 0.15) is 0 Å². The standard InChI is InChI=1S/C13H14F3NO2/c1-2-11(18)17-10(9-6-4-3-5-7-9)8-19-12(17)13(14,15)16/h3-7,10,12H,2,8H2,1H3/t10-,12+/m0/s1. The van der Waals surface area contributed by atoms with Gasteiger partial charge in [0, 0.05) is 6.42 Å². The van der Waals surface area contributed by atoms with E-state index in [9.17, 15) is 18.0 Å². The zero-order chi connectivity index (χ0) is 14.0. The van der Waals surface area contributed by atoms with Gasteiger partial charge in [0.05, 0.1) is 12.6 Å². The molecule has 1 aliphatic rings. The average molecular weight is 273 g/mol. The first-order valence-electron chi connectivity index (χ1n) is 5.99.